The van der Waals surface area contributed by atoms with Crippen LogP contribution in [0.15, 0.2) is 78.9 Å². The molecular formula is C26H16N3O2UVW. The van der Waals surface area contributed by atoms with Gasteiger partial charge >= 0.3 is 209 Å². The molecule has 0 unspecified atom stereocenters. The topological polar surface area (TPSA) is 63.2 Å². The van der Waals surface area contributed by atoms with Crippen molar-refractivity contribution >= 4 is 16.3 Å². The minimum absolute atomic E-state index is 0.229. The number of rotatable bonds is 4. The van der Waals surface area contributed by atoms with Gasteiger partial charge in [-0.1, -0.05) is 12.1 Å². The molecule has 3 heterocycles. The first-order chi connectivity index (χ1) is 16.7. The molecule has 3 aromatic carbocycles. The molecule has 0 bridgehead atoms. The molecule has 0 aliphatic carbocycles. The summed E-state index contributed by atoms with van der Waals surface area (Å²) in [4.78, 5) is 37.1. The molecule has 34 heavy (non-hydrogen) atoms. The molecule has 2 amide bonds. The third kappa shape index (κ3) is 4.17. The molecule has 8 heteroatoms. The van der Waals surface area contributed by atoms with Crippen LogP contribution >= 0.6 is 0 Å². The molecule has 0 radical (unpaired) electrons. The van der Waals surface area contributed by atoms with Crippen molar-refractivity contribution in [3.63, 3.8) is 0 Å². The first-order valence-corrected chi connectivity index (χ1v) is 28.8. The van der Waals surface area contributed by atoms with Gasteiger partial charge in [-0.25, -0.2) is 0 Å². The first-order valence-electron chi connectivity index (χ1n) is 10.7. The maximum atomic E-state index is 12.7. The number of carbonyl (C=O) groups excluding carboxylic acids is 2. The van der Waals surface area contributed by atoms with Gasteiger partial charge in [0.1, 0.15) is 0 Å². The first kappa shape index (κ1) is 22.5. The van der Waals surface area contributed by atoms with Gasteiger partial charge in [0, 0.05) is 0 Å². The summed E-state index contributed by atoms with van der Waals surface area (Å²) in [5.74, 6) is -0.459. The fourth-order valence-electron chi connectivity index (χ4n) is 4.09. The summed E-state index contributed by atoms with van der Waals surface area (Å²) in [6.07, 6.45) is 0. The Morgan fingerprint density at radius 2 is 1.38 bits per heavy atom. The van der Waals surface area contributed by atoms with Crippen molar-refractivity contribution in [2.45, 2.75) is 6.54 Å². The van der Waals surface area contributed by atoms with Gasteiger partial charge in [0.2, 0.25) is 0 Å². The zero-order chi connectivity index (χ0) is 23.1. The van der Waals surface area contributed by atoms with E-state index in [-0.39, 0.29) is 33.9 Å². The van der Waals surface area contributed by atoms with Crippen molar-refractivity contribution in [2.24, 2.45) is 0 Å². The van der Waals surface area contributed by atoms with E-state index >= 15 is 0 Å². The van der Waals surface area contributed by atoms with Gasteiger partial charge in [-0.05, 0) is 0 Å². The normalized spacial score (nSPS) is 13.6. The standard InChI is InChI=1S/C26H16N3O2.U.V.W/c1-17-15-27-23(24(28-17)19-7-3-2-4-8-19)20-13-11-18(12-14-20)16-29-25(30)21-9-5-6-10-22(21)26(29)31;;;/h1-14H,16H2;;;. The molecule has 0 N–H and O–H groups in total. The van der Waals surface area contributed by atoms with E-state index in [1.54, 1.807) is 24.3 Å². The Labute approximate surface area is 218 Å². The second kappa shape index (κ2) is 9.61. The number of fused-ring (bicyclic) bond motifs is 2. The van der Waals surface area contributed by atoms with Crippen LogP contribution in [0.3, 0.4) is 0 Å². The van der Waals surface area contributed by atoms with Gasteiger partial charge in [0.25, 0.3) is 0 Å². The van der Waals surface area contributed by atoms with Crippen molar-refractivity contribution in [1.82, 2.24) is 14.9 Å². The Morgan fingerprint density at radius 1 is 0.765 bits per heavy atom. The van der Waals surface area contributed by atoms with E-state index in [4.69, 9.17) is 9.97 Å². The van der Waals surface area contributed by atoms with Crippen LogP contribution in [0.2, 0.25) is 0 Å². The summed E-state index contributed by atoms with van der Waals surface area (Å²) in [7, 11) is 0.628. The number of hydrogen-bond acceptors (Lipinski definition) is 4. The predicted molar refractivity (Wildman–Crippen MR) is 116 cm³/mol. The van der Waals surface area contributed by atoms with Gasteiger partial charge in [-0.2, -0.15) is 0 Å². The third-order valence-corrected chi connectivity index (χ3v) is 44.7. The second-order valence-corrected chi connectivity index (χ2v) is 47.0. The zero-order valence-corrected chi connectivity index (χ0v) is 26.3. The molecule has 0 saturated carbocycles. The van der Waals surface area contributed by atoms with Crippen LogP contribution in [0, 0.1) is 26.5 Å². The molecule has 6 rings (SSSR count). The second-order valence-electron chi connectivity index (χ2n) is 7.89. The van der Waals surface area contributed by atoms with Gasteiger partial charge in [0.15, 0.2) is 0 Å². The summed E-state index contributed by atoms with van der Waals surface area (Å²) in [5.41, 5.74) is 5.85. The molecule has 4 aromatic rings. The molecule has 2 aliphatic heterocycles. The fraction of sp³-hybridized carbons (Fsp3) is 0.0385. The summed E-state index contributed by atoms with van der Waals surface area (Å²) < 4.78 is 3.76. The van der Waals surface area contributed by atoms with Gasteiger partial charge in [0.05, 0.1) is 0 Å². The van der Waals surface area contributed by atoms with Gasteiger partial charge in [-0.15, -0.1) is 0 Å². The molecule has 0 fully saturated rings. The van der Waals surface area contributed by atoms with Crippen molar-refractivity contribution < 1.29 is 57.3 Å². The molecule has 2 aliphatic rings. The molecule has 1 aromatic heterocycles. The number of carbonyl (C=O) groups is 2. The Balaban J connectivity index is 1.36. The van der Waals surface area contributed by atoms with E-state index in [1.807, 2.05) is 42.5 Å². The Bertz CT molecular complexity index is 1590. The van der Waals surface area contributed by atoms with Gasteiger partial charge in [-0.3, -0.25) is 0 Å². The van der Waals surface area contributed by atoms with Crippen LogP contribution in [0.5, 0.6) is 0 Å². The predicted octanol–water partition coefficient (Wildman–Crippen LogP) is 3.69. The van der Waals surface area contributed by atoms with Crippen LogP contribution in [0.25, 0.3) is 27.0 Å². The average Bonchev–Trinajstić information content (AvgIpc) is 3.14. The van der Waals surface area contributed by atoms with Crippen LogP contribution < -0.4 is 5.35 Å². The van der Waals surface area contributed by atoms with Crippen molar-refractivity contribution in [1.29, 1.82) is 0 Å². The Morgan fingerprint density at radius 3 is 2.09 bits per heavy atom. The van der Waals surface area contributed by atoms with E-state index in [0.717, 1.165) is 28.1 Å². The molecule has 5 nitrogen and oxygen atoms in total. The number of nitrogens with zero attached hydrogens (tertiary/aromatic N) is 3. The van der Waals surface area contributed by atoms with Crippen molar-refractivity contribution in [3.05, 3.63) is 103 Å². The van der Waals surface area contributed by atoms with Gasteiger partial charge < -0.3 is 0 Å². The molecule has 0 atom stereocenters. The van der Waals surface area contributed by atoms with E-state index < -0.39 is 24.2 Å². The SMILES string of the molecule is O=C1c2ccccc2C(=O)N1Cc1ccc(-c2n[c]3c(nc2-c2ccccc2)=[CH][W]=[V][U]=3)cc1. The molecule has 162 valence electrons. The molecular weight excluding hydrogens is 859 g/mol. The fourth-order valence-corrected chi connectivity index (χ4v) is 42.2. The molecule has 0 spiro atoms. The number of amides is 2. The summed E-state index contributed by atoms with van der Waals surface area (Å²) in [5, 5.41) is 1.17. The maximum absolute atomic E-state index is 12.7. The van der Waals surface area contributed by atoms with Crippen molar-refractivity contribution in [3.8, 4) is 22.5 Å². The van der Waals surface area contributed by atoms with E-state index in [9.17, 15) is 9.59 Å². The quantitative estimate of drug-likeness (QED) is 0.294. The van der Waals surface area contributed by atoms with E-state index in [2.05, 4.69) is 16.6 Å². The Hall–Kier alpha value is -1.93. The zero-order valence-electron chi connectivity index (χ0n) is 17.8. The number of aromatic nitrogens is 2. The monoisotopic (exact) mass is 875 g/mol. The molecule has 0 saturated heterocycles. The van der Waals surface area contributed by atoms with Crippen LogP contribution in [-0.2, 0) is 30.0 Å². The summed E-state index contributed by atoms with van der Waals surface area (Å²) >= 11 is -1.18. The van der Waals surface area contributed by atoms with Crippen LogP contribution in [0.1, 0.15) is 26.3 Å². The number of hydrogen-bond donors (Lipinski definition) is 0. The summed E-state index contributed by atoms with van der Waals surface area (Å²) in [6, 6.07) is 25.4. The minimum atomic E-state index is -0.923. The van der Waals surface area contributed by atoms with Crippen molar-refractivity contribution in [2.75, 3.05) is 0 Å². The average molecular weight is 875 g/mol. The third-order valence-electron chi connectivity index (χ3n) is 5.78. The van der Waals surface area contributed by atoms with E-state index in [0.29, 0.717) is 19.1 Å². The Kier molecular flexibility index (Phi) is 6.37. The summed E-state index contributed by atoms with van der Waals surface area (Å²) in [6.45, 7) is 0.259. The van der Waals surface area contributed by atoms with Crippen LogP contribution in [-0.4, -0.2) is 26.7 Å². The number of imide groups is 1. The number of benzene rings is 3. The van der Waals surface area contributed by atoms with Crippen LogP contribution in [0.4, 0.5) is 0 Å². The van der Waals surface area contributed by atoms with E-state index in [1.165, 1.54) is 12.5 Å².